The average Bonchev–Trinajstić information content (AvgIpc) is 2.83. The van der Waals surface area contributed by atoms with Crippen LogP contribution >= 0.6 is 46.6 Å². The number of halogens is 3. The van der Waals surface area contributed by atoms with Crippen LogP contribution < -0.4 is 0 Å². The summed E-state index contributed by atoms with van der Waals surface area (Å²) in [6.07, 6.45) is -1.98. The number of carbonyl (C=O) groups is 3. The number of aliphatic carboxylic acids is 1. The minimum atomic E-state index is -1.52. The van der Waals surface area contributed by atoms with Gasteiger partial charge in [0.1, 0.15) is 12.0 Å². The average molecular weight is 437 g/mol. The second kappa shape index (κ2) is 7.96. The zero-order valence-corrected chi connectivity index (χ0v) is 16.3. The van der Waals surface area contributed by atoms with Crippen molar-refractivity contribution in [3.63, 3.8) is 0 Å². The number of alkyl halides is 3. The Hall–Kier alpha value is -0.610. The van der Waals surface area contributed by atoms with Crippen molar-refractivity contribution in [2.24, 2.45) is 5.92 Å². The van der Waals surface area contributed by atoms with Gasteiger partial charge in [-0.1, -0.05) is 46.6 Å². The maximum absolute atomic E-state index is 12.3. The number of carboxylic acids is 1. The van der Waals surface area contributed by atoms with Crippen molar-refractivity contribution in [3.8, 4) is 0 Å². The minimum Gasteiger partial charge on any atom is -0.478 e. The van der Waals surface area contributed by atoms with E-state index in [9.17, 15) is 19.5 Å². The van der Waals surface area contributed by atoms with E-state index in [2.05, 4.69) is 4.74 Å². The van der Waals surface area contributed by atoms with Gasteiger partial charge in [0, 0.05) is 6.61 Å². The van der Waals surface area contributed by atoms with Crippen LogP contribution in [-0.4, -0.2) is 68.0 Å². The highest BCUT2D eigenvalue weighted by atomic mass is 35.5. The second-order valence-corrected chi connectivity index (χ2v) is 8.34. The first-order valence-corrected chi connectivity index (χ1v) is 9.47. The van der Waals surface area contributed by atoms with E-state index in [0.717, 1.165) is 11.8 Å². The number of rotatable bonds is 7. The van der Waals surface area contributed by atoms with Crippen LogP contribution in [0.25, 0.3) is 0 Å². The monoisotopic (exact) mass is 435 g/mol. The summed E-state index contributed by atoms with van der Waals surface area (Å²) >= 11 is 17.5. The van der Waals surface area contributed by atoms with Gasteiger partial charge in [0.2, 0.25) is 16.4 Å². The summed E-state index contributed by atoms with van der Waals surface area (Å²) in [5.74, 6) is -2.19. The molecule has 142 valence electrons. The maximum Gasteiger partial charge on any atom is 0.510 e. The van der Waals surface area contributed by atoms with Crippen molar-refractivity contribution < 1.29 is 33.7 Å². The highest BCUT2D eigenvalue weighted by Gasteiger charge is 2.64. The Morgan fingerprint density at radius 1 is 1.40 bits per heavy atom. The first-order valence-electron chi connectivity index (χ1n) is 7.28. The lowest BCUT2D eigenvalue weighted by Gasteiger charge is -2.43. The van der Waals surface area contributed by atoms with Crippen molar-refractivity contribution in [1.82, 2.24) is 4.90 Å². The van der Waals surface area contributed by atoms with E-state index in [0.29, 0.717) is 0 Å². The summed E-state index contributed by atoms with van der Waals surface area (Å²) in [7, 11) is 0. The zero-order chi connectivity index (χ0) is 18.9. The molecule has 0 aromatic carbocycles. The molecule has 0 aliphatic carbocycles. The number of β-lactam (4-membered cyclic amide) rings is 1. The smallest absolute Gasteiger partial charge is 0.478 e. The molecule has 2 heterocycles. The number of carbonyl (C=O) groups excluding carboxylic acids is 2. The van der Waals surface area contributed by atoms with Gasteiger partial charge < -0.3 is 24.2 Å². The normalized spacial score (nSPS) is 30.5. The Balaban J connectivity index is 1.99. The number of hydrogen-bond donors (Lipinski definition) is 1. The molecule has 1 N–H and O–H groups in total. The van der Waals surface area contributed by atoms with Gasteiger partial charge in [-0.3, -0.25) is 4.79 Å². The molecular formula is C13H16Cl3NO7S. The van der Waals surface area contributed by atoms with Crippen LogP contribution in [0.2, 0.25) is 0 Å². The van der Waals surface area contributed by atoms with Crippen molar-refractivity contribution >= 4 is 64.6 Å². The van der Waals surface area contributed by atoms with Crippen molar-refractivity contribution in [2.75, 3.05) is 13.2 Å². The third-order valence-electron chi connectivity index (χ3n) is 3.77. The molecule has 25 heavy (non-hydrogen) atoms. The number of hydrogen-bond acceptors (Lipinski definition) is 7. The first-order chi connectivity index (χ1) is 11.6. The minimum absolute atomic E-state index is 0.0675. The molecule has 5 atom stereocenters. The van der Waals surface area contributed by atoms with Crippen molar-refractivity contribution in [2.45, 2.75) is 40.7 Å². The predicted molar refractivity (Wildman–Crippen MR) is 90.7 cm³/mol. The largest absolute Gasteiger partial charge is 0.510 e. The number of nitrogens with zero attached hydrogens (tertiary/aromatic N) is 1. The van der Waals surface area contributed by atoms with E-state index in [4.69, 9.17) is 44.3 Å². The molecule has 8 nitrogen and oxygen atoms in total. The van der Waals surface area contributed by atoms with Crippen LogP contribution in [0.3, 0.4) is 0 Å². The van der Waals surface area contributed by atoms with Gasteiger partial charge in [0.25, 0.3) is 0 Å². The van der Waals surface area contributed by atoms with Gasteiger partial charge in [-0.2, -0.15) is 0 Å². The highest BCUT2D eigenvalue weighted by molar-refractivity contribution is 8.02. The van der Waals surface area contributed by atoms with Crippen LogP contribution in [0.4, 0.5) is 4.79 Å². The molecule has 0 spiro atoms. The highest BCUT2D eigenvalue weighted by Crippen LogP contribution is 2.51. The first kappa shape index (κ1) is 20.7. The van der Waals surface area contributed by atoms with Crippen LogP contribution in [0.15, 0.2) is 0 Å². The fourth-order valence-corrected chi connectivity index (χ4v) is 4.49. The quantitative estimate of drug-likeness (QED) is 0.368. The van der Waals surface area contributed by atoms with E-state index < -0.39 is 44.9 Å². The fraction of sp³-hybridized carbons (Fsp3) is 0.769. The van der Waals surface area contributed by atoms with Crippen LogP contribution in [0, 0.1) is 5.92 Å². The molecule has 2 aliphatic heterocycles. The van der Waals surface area contributed by atoms with Gasteiger partial charge in [0.15, 0.2) is 4.84 Å². The zero-order valence-electron chi connectivity index (χ0n) is 13.2. The molecule has 1 amide bonds. The van der Waals surface area contributed by atoms with Crippen molar-refractivity contribution in [3.05, 3.63) is 0 Å². The maximum atomic E-state index is 12.3. The SMILES string of the molecule is CCOC1(C(=O)O)CN2C(=O)[C@H](C(C)OC(=O)OC(Cl)C(Cl)Cl)[C@H]2S1. The molecule has 2 fully saturated rings. The molecule has 0 radical (unpaired) electrons. The Morgan fingerprint density at radius 3 is 2.56 bits per heavy atom. The van der Waals surface area contributed by atoms with E-state index >= 15 is 0 Å². The van der Waals surface area contributed by atoms with Gasteiger partial charge in [-0.15, -0.1) is 0 Å². The van der Waals surface area contributed by atoms with E-state index in [1.54, 1.807) is 6.92 Å². The molecule has 0 aromatic rings. The summed E-state index contributed by atoms with van der Waals surface area (Å²) in [6, 6.07) is 0. The van der Waals surface area contributed by atoms with Gasteiger partial charge in [-0.25, -0.2) is 9.59 Å². The standard InChI is InChI=1S/C13H16Cl3NO7S/c1-3-22-13(11(19)20)4-17-9(18)6(10(17)25-13)5(2)23-12(21)24-8(16)7(14)15/h5-8,10H,3-4H2,1-2H3,(H,19,20)/t5?,6-,8?,10+,13?/m0/s1. The predicted octanol–water partition coefficient (Wildman–Crippen LogP) is 2.25. The number of thioether (sulfide) groups is 1. The molecule has 0 bridgehead atoms. The molecule has 2 aliphatic rings. The Bertz CT molecular complexity index is 566. The van der Waals surface area contributed by atoms with E-state index in [-0.39, 0.29) is 19.1 Å². The summed E-state index contributed by atoms with van der Waals surface area (Å²) in [6.45, 7) is 3.30. The number of carboxylic acid groups (broad SMARTS) is 1. The van der Waals surface area contributed by atoms with Crippen LogP contribution in [0.1, 0.15) is 13.8 Å². The summed E-state index contributed by atoms with van der Waals surface area (Å²) in [5.41, 5.74) is -1.30. The molecule has 3 unspecified atom stereocenters. The van der Waals surface area contributed by atoms with E-state index in [1.165, 1.54) is 11.8 Å². The number of fused-ring (bicyclic) bond motifs is 1. The Labute approximate surface area is 163 Å². The molecule has 2 saturated heterocycles. The van der Waals surface area contributed by atoms with Gasteiger partial charge >= 0.3 is 12.1 Å². The van der Waals surface area contributed by atoms with Gasteiger partial charge in [0.05, 0.1) is 11.9 Å². The summed E-state index contributed by atoms with van der Waals surface area (Å²) in [4.78, 5) is 34.2. The van der Waals surface area contributed by atoms with Gasteiger partial charge in [-0.05, 0) is 13.8 Å². The lowest BCUT2D eigenvalue weighted by Crippen LogP contribution is -2.61. The summed E-state index contributed by atoms with van der Waals surface area (Å²) in [5, 5.41) is 8.96. The third kappa shape index (κ3) is 4.05. The Kier molecular flexibility index (Phi) is 6.59. The second-order valence-electron chi connectivity index (χ2n) is 5.37. The molecular weight excluding hydrogens is 421 g/mol. The molecule has 0 aromatic heterocycles. The molecule has 12 heteroatoms. The fourth-order valence-electron chi connectivity index (χ4n) is 2.63. The van der Waals surface area contributed by atoms with E-state index in [1.807, 2.05) is 0 Å². The molecule has 2 rings (SSSR count). The third-order valence-corrected chi connectivity index (χ3v) is 6.42. The lowest BCUT2D eigenvalue weighted by molar-refractivity contribution is -0.163. The van der Waals surface area contributed by atoms with Crippen LogP contribution in [-0.2, 0) is 23.8 Å². The summed E-state index contributed by atoms with van der Waals surface area (Å²) < 4.78 is 15.0. The number of amides is 1. The van der Waals surface area contributed by atoms with Crippen molar-refractivity contribution in [1.29, 1.82) is 0 Å². The van der Waals surface area contributed by atoms with Crippen LogP contribution in [0.5, 0.6) is 0 Å². The number of ether oxygens (including phenoxy) is 3. The topological polar surface area (TPSA) is 102 Å². The lowest BCUT2D eigenvalue weighted by atomic mass is 9.92. The molecule has 0 saturated carbocycles. The Morgan fingerprint density at radius 2 is 2.04 bits per heavy atom.